The summed E-state index contributed by atoms with van der Waals surface area (Å²) in [7, 11) is 0. The second-order valence-electron chi connectivity index (χ2n) is 6.78. The van der Waals surface area contributed by atoms with Gasteiger partial charge in [0, 0.05) is 19.0 Å². The van der Waals surface area contributed by atoms with E-state index in [1.807, 2.05) is 31.2 Å². The molecule has 144 valence electrons. The van der Waals surface area contributed by atoms with Crippen molar-refractivity contribution in [2.45, 2.75) is 45.6 Å². The Hall–Kier alpha value is -2.08. The van der Waals surface area contributed by atoms with Crippen molar-refractivity contribution in [2.24, 2.45) is 5.92 Å². The van der Waals surface area contributed by atoms with Gasteiger partial charge in [-0.1, -0.05) is 18.2 Å². The van der Waals surface area contributed by atoms with Crippen LogP contribution in [0.25, 0.3) is 0 Å². The fourth-order valence-corrected chi connectivity index (χ4v) is 3.38. The minimum atomic E-state index is -0.397. The third-order valence-electron chi connectivity index (χ3n) is 4.63. The van der Waals surface area contributed by atoms with Crippen molar-refractivity contribution in [3.63, 3.8) is 0 Å². The normalized spacial score (nSPS) is 18.0. The van der Waals surface area contributed by atoms with E-state index in [4.69, 9.17) is 4.74 Å². The van der Waals surface area contributed by atoms with Crippen LogP contribution in [0, 0.1) is 5.92 Å². The summed E-state index contributed by atoms with van der Waals surface area (Å²) >= 11 is 0. The summed E-state index contributed by atoms with van der Waals surface area (Å²) in [5, 5.41) is 9.26. The first kappa shape index (κ1) is 20.2. The molecule has 0 spiro atoms. The maximum absolute atomic E-state index is 12.4. The molecule has 3 N–H and O–H groups in total. The topological polar surface area (TPSA) is 79.5 Å². The van der Waals surface area contributed by atoms with Crippen LogP contribution in [0.1, 0.15) is 51.1 Å². The number of para-hydroxylation sites is 1. The van der Waals surface area contributed by atoms with E-state index in [1.165, 1.54) is 19.8 Å². The number of hydrogen-bond acceptors (Lipinski definition) is 4. The molecular weight excluding hydrogens is 330 g/mol. The fraction of sp³-hybridized carbons (Fsp3) is 0.600. The van der Waals surface area contributed by atoms with Crippen molar-refractivity contribution in [3.05, 3.63) is 29.8 Å². The van der Waals surface area contributed by atoms with Gasteiger partial charge in [0.25, 0.3) is 0 Å². The highest BCUT2D eigenvalue weighted by Gasteiger charge is 2.21. The van der Waals surface area contributed by atoms with Crippen LogP contribution in [-0.2, 0) is 9.59 Å². The van der Waals surface area contributed by atoms with E-state index in [0.717, 1.165) is 25.1 Å². The Morgan fingerprint density at radius 2 is 2.15 bits per heavy atom. The molecule has 1 aliphatic heterocycles. The molecule has 0 bridgehead atoms. The first-order valence-corrected chi connectivity index (χ1v) is 9.56. The first-order valence-electron chi connectivity index (χ1n) is 9.56. The molecule has 0 radical (unpaired) electrons. The van der Waals surface area contributed by atoms with Crippen LogP contribution in [0.5, 0.6) is 5.75 Å². The van der Waals surface area contributed by atoms with Crippen LogP contribution in [-0.4, -0.2) is 38.1 Å². The summed E-state index contributed by atoms with van der Waals surface area (Å²) < 4.78 is 5.65. The molecule has 1 aliphatic rings. The number of nitrogens with one attached hydrogen (secondary N) is 3. The number of amides is 2. The lowest BCUT2D eigenvalue weighted by Gasteiger charge is -2.23. The maximum Gasteiger partial charge on any atom is 0.222 e. The summed E-state index contributed by atoms with van der Waals surface area (Å²) in [6.45, 7) is 6.71. The van der Waals surface area contributed by atoms with Gasteiger partial charge < -0.3 is 20.7 Å². The number of benzene rings is 1. The minimum absolute atomic E-state index is 0.0566. The zero-order valence-corrected chi connectivity index (χ0v) is 15.8. The average molecular weight is 361 g/mol. The Labute approximate surface area is 156 Å². The number of rotatable bonds is 9. The number of carbonyl (C=O) groups is 2. The molecule has 1 heterocycles. The Kier molecular flexibility index (Phi) is 8.41. The van der Waals surface area contributed by atoms with Gasteiger partial charge >= 0.3 is 0 Å². The van der Waals surface area contributed by atoms with Crippen molar-refractivity contribution in [1.29, 1.82) is 0 Å². The maximum atomic E-state index is 12.4. The van der Waals surface area contributed by atoms with Gasteiger partial charge in [0.05, 0.1) is 19.1 Å². The molecule has 26 heavy (non-hydrogen) atoms. The number of carbonyl (C=O) groups excluding carboxylic acids is 2. The van der Waals surface area contributed by atoms with Crippen LogP contribution in [0.15, 0.2) is 24.3 Å². The summed E-state index contributed by atoms with van der Waals surface area (Å²) in [6, 6.07) is 7.14. The van der Waals surface area contributed by atoms with E-state index in [9.17, 15) is 9.59 Å². The Balaban J connectivity index is 1.92. The van der Waals surface area contributed by atoms with Crippen molar-refractivity contribution in [2.75, 3.05) is 26.2 Å². The van der Waals surface area contributed by atoms with Gasteiger partial charge in [0.1, 0.15) is 5.75 Å². The van der Waals surface area contributed by atoms with Gasteiger partial charge in [0.2, 0.25) is 11.8 Å². The zero-order chi connectivity index (χ0) is 18.8. The second kappa shape index (κ2) is 10.8. The van der Waals surface area contributed by atoms with Crippen LogP contribution in [0.4, 0.5) is 0 Å². The standard InChI is InChI=1S/C20H31N3O3/c1-3-26-19-9-5-4-8-17(19)18(23-15(2)24)13-20(25)22-12-10-16-7-6-11-21-14-16/h4-5,8-9,16,18,21H,3,6-7,10-14H2,1-2H3,(H,22,25)(H,23,24). The molecule has 6 heteroatoms. The monoisotopic (exact) mass is 361 g/mol. The zero-order valence-electron chi connectivity index (χ0n) is 15.8. The van der Waals surface area contributed by atoms with Gasteiger partial charge in [-0.25, -0.2) is 0 Å². The molecular formula is C20H31N3O3. The van der Waals surface area contributed by atoms with Gasteiger partial charge in [-0.05, 0) is 51.3 Å². The highest BCUT2D eigenvalue weighted by atomic mass is 16.5. The van der Waals surface area contributed by atoms with E-state index >= 15 is 0 Å². The third kappa shape index (κ3) is 6.67. The molecule has 2 atom stereocenters. The van der Waals surface area contributed by atoms with Crippen molar-refractivity contribution in [3.8, 4) is 5.75 Å². The lowest BCUT2D eigenvalue weighted by atomic mass is 9.96. The Morgan fingerprint density at radius 3 is 2.85 bits per heavy atom. The SMILES string of the molecule is CCOc1ccccc1C(CC(=O)NCCC1CCCNC1)NC(C)=O. The molecule has 2 rings (SSSR count). The van der Waals surface area contributed by atoms with Crippen LogP contribution < -0.4 is 20.7 Å². The molecule has 0 aliphatic carbocycles. The van der Waals surface area contributed by atoms with Crippen molar-refractivity contribution in [1.82, 2.24) is 16.0 Å². The second-order valence-corrected chi connectivity index (χ2v) is 6.78. The van der Waals surface area contributed by atoms with Crippen molar-refractivity contribution >= 4 is 11.8 Å². The van der Waals surface area contributed by atoms with E-state index in [1.54, 1.807) is 0 Å². The number of hydrogen-bond donors (Lipinski definition) is 3. The first-order chi connectivity index (χ1) is 12.6. The van der Waals surface area contributed by atoms with E-state index in [0.29, 0.717) is 24.8 Å². The lowest BCUT2D eigenvalue weighted by molar-refractivity contribution is -0.122. The van der Waals surface area contributed by atoms with E-state index < -0.39 is 6.04 Å². The van der Waals surface area contributed by atoms with Crippen LogP contribution >= 0.6 is 0 Å². The molecule has 2 amide bonds. The molecule has 1 saturated heterocycles. The smallest absolute Gasteiger partial charge is 0.222 e. The van der Waals surface area contributed by atoms with Crippen LogP contribution in [0.2, 0.25) is 0 Å². The highest BCUT2D eigenvalue weighted by Crippen LogP contribution is 2.27. The van der Waals surface area contributed by atoms with Gasteiger partial charge in [-0.15, -0.1) is 0 Å². The predicted molar refractivity (Wildman–Crippen MR) is 102 cm³/mol. The number of piperidine rings is 1. The molecule has 0 aromatic heterocycles. The minimum Gasteiger partial charge on any atom is -0.494 e. The predicted octanol–water partition coefficient (Wildman–Crippen LogP) is 2.16. The third-order valence-corrected chi connectivity index (χ3v) is 4.63. The van der Waals surface area contributed by atoms with Crippen LogP contribution in [0.3, 0.4) is 0 Å². The molecule has 6 nitrogen and oxygen atoms in total. The Morgan fingerprint density at radius 1 is 1.35 bits per heavy atom. The van der Waals surface area contributed by atoms with Gasteiger partial charge in [-0.3, -0.25) is 9.59 Å². The summed E-state index contributed by atoms with van der Waals surface area (Å²) in [5.74, 6) is 1.12. The van der Waals surface area contributed by atoms with E-state index in [-0.39, 0.29) is 18.2 Å². The molecule has 2 unspecified atom stereocenters. The molecule has 1 aromatic carbocycles. The fourth-order valence-electron chi connectivity index (χ4n) is 3.38. The van der Waals surface area contributed by atoms with Crippen molar-refractivity contribution < 1.29 is 14.3 Å². The largest absolute Gasteiger partial charge is 0.494 e. The van der Waals surface area contributed by atoms with E-state index in [2.05, 4.69) is 16.0 Å². The van der Waals surface area contributed by atoms with Gasteiger partial charge in [0.15, 0.2) is 0 Å². The average Bonchev–Trinajstić information content (AvgIpc) is 2.62. The quantitative estimate of drug-likeness (QED) is 0.630. The highest BCUT2D eigenvalue weighted by molar-refractivity contribution is 5.79. The molecule has 1 fully saturated rings. The molecule has 1 aromatic rings. The number of ether oxygens (including phenoxy) is 1. The van der Waals surface area contributed by atoms with Gasteiger partial charge in [-0.2, -0.15) is 0 Å². The summed E-state index contributed by atoms with van der Waals surface area (Å²) in [5.41, 5.74) is 0.830. The summed E-state index contributed by atoms with van der Waals surface area (Å²) in [6.07, 6.45) is 3.61. The summed E-state index contributed by atoms with van der Waals surface area (Å²) in [4.78, 5) is 24.0. The lowest BCUT2D eigenvalue weighted by Crippen LogP contribution is -2.35. The Bertz CT molecular complexity index is 585. The molecule has 0 saturated carbocycles.